The lowest BCUT2D eigenvalue weighted by molar-refractivity contribution is 0.443. The molecule has 20 heavy (non-hydrogen) atoms. The van der Waals surface area contributed by atoms with Crippen LogP contribution >= 0.6 is 0 Å². The van der Waals surface area contributed by atoms with Crippen molar-refractivity contribution in [1.82, 2.24) is 10.3 Å². The van der Waals surface area contributed by atoms with Crippen LogP contribution in [0.25, 0.3) is 0 Å². The van der Waals surface area contributed by atoms with Crippen molar-refractivity contribution in [1.29, 1.82) is 0 Å². The first-order valence-corrected chi connectivity index (χ1v) is 7.36. The van der Waals surface area contributed by atoms with Crippen LogP contribution in [0, 0.1) is 6.92 Å². The largest absolute Gasteiger partial charge is 0.446 e. The summed E-state index contributed by atoms with van der Waals surface area (Å²) >= 11 is 0. The zero-order chi connectivity index (χ0) is 14.4. The second-order valence-electron chi connectivity index (χ2n) is 5.56. The van der Waals surface area contributed by atoms with Crippen LogP contribution in [0.4, 0.5) is 0 Å². The van der Waals surface area contributed by atoms with Crippen LogP contribution in [0.3, 0.4) is 0 Å². The fourth-order valence-electron chi connectivity index (χ4n) is 2.07. The predicted octanol–water partition coefficient (Wildman–Crippen LogP) is 3.31. The fourth-order valence-corrected chi connectivity index (χ4v) is 2.07. The van der Waals surface area contributed by atoms with E-state index in [1.165, 1.54) is 11.1 Å². The second kappa shape index (κ2) is 7.25. The fraction of sp³-hybridized carbons (Fsp3) is 0.471. The molecule has 0 saturated carbocycles. The number of oxazole rings is 1. The van der Waals surface area contributed by atoms with Crippen molar-refractivity contribution < 1.29 is 4.42 Å². The van der Waals surface area contributed by atoms with Crippen LogP contribution in [-0.4, -0.2) is 17.6 Å². The summed E-state index contributed by atoms with van der Waals surface area (Å²) in [6.45, 7) is 7.30. The number of hydrogen-bond acceptors (Lipinski definition) is 3. The van der Waals surface area contributed by atoms with Gasteiger partial charge in [-0.3, -0.25) is 0 Å². The maximum Gasteiger partial charge on any atom is 0.195 e. The van der Waals surface area contributed by atoms with Gasteiger partial charge in [-0.1, -0.05) is 43.7 Å². The SMILES string of the molecule is Cc1ccc(CCc2cnc(CCNC(C)C)o2)cc1. The number of rotatable bonds is 7. The molecule has 1 N–H and O–H groups in total. The van der Waals surface area contributed by atoms with E-state index in [1.54, 1.807) is 0 Å². The average molecular weight is 272 g/mol. The molecule has 3 heteroatoms. The molecule has 0 radical (unpaired) electrons. The molecule has 0 spiro atoms. The smallest absolute Gasteiger partial charge is 0.195 e. The van der Waals surface area contributed by atoms with Gasteiger partial charge in [0.15, 0.2) is 5.89 Å². The maximum atomic E-state index is 5.76. The van der Waals surface area contributed by atoms with E-state index in [0.717, 1.165) is 37.5 Å². The molecule has 1 aromatic carbocycles. The van der Waals surface area contributed by atoms with E-state index in [0.29, 0.717) is 6.04 Å². The molecule has 108 valence electrons. The van der Waals surface area contributed by atoms with Gasteiger partial charge >= 0.3 is 0 Å². The van der Waals surface area contributed by atoms with Crippen LogP contribution < -0.4 is 5.32 Å². The van der Waals surface area contributed by atoms with Crippen molar-refractivity contribution in [2.24, 2.45) is 0 Å². The normalized spacial score (nSPS) is 11.2. The van der Waals surface area contributed by atoms with Crippen LogP contribution in [0.5, 0.6) is 0 Å². The van der Waals surface area contributed by atoms with Gasteiger partial charge in [0.05, 0.1) is 6.20 Å². The van der Waals surface area contributed by atoms with E-state index < -0.39 is 0 Å². The number of aryl methyl sites for hydroxylation is 3. The minimum Gasteiger partial charge on any atom is -0.446 e. The van der Waals surface area contributed by atoms with Gasteiger partial charge in [-0.2, -0.15) is 0 Å². The standard InChI is InChI=1S/C17H24N2O/c1-13(2)18-11-10-17-19-12-16(20-17)9-8-15-6-4-14(3)5-7-15/h4-7,12-13,18H,8-11H2,1-3H3. The van der Waals surface area contributed by atoms with Gasteiger partial charge in [0.1, 0.15) is 5.76 Å². The van der Waals surface area contributed by atoms with Crippen molar-refractivity contribution in [3.05, 3.63) is 53.2 Å². The molecular formula is C17H24N2O. The lowest BCUT2D eigenvalue weighted by Gasteiger charge is -2.05. The Morgan fingerprint density at radius 3 is 2.55 bits per heavy atom. The number of benzene rings is 1. The highest BCUT2D eigenvalue weighted by molar-refractivity contribution is 5.21. The molecular weight excluding hydrogens is 248 g/mol. The Labute approximate surface area is 121 Å². The monoisotopic (exact) mass is 272 g/mol. The van der Waals surface area contributed by atoms with E-state index in [-0.39, 0.29) is 0 Å². The molecule has 0 aliphatic heterocycles. The zero-order valence-corrected chi connectivity index (χ0v) is 12.6. The molecule has 3 nitrogen and oxygen atoms in total. The molecule has 0 fully saturated rings. The summed E-state index contributed by atoms with van der Waals surface area (Å²) in [5.74, 6) is 1.81. The van der Waals surface area contributed by atoms with Crippen LogP contribution in [0.1, 0.15) is 36.6 Å². The van der Waals surface area contributed by atoms with Crippen LogP contribution in [0.2, 0.25) is 0 Å². The molecule has 0 saturated heterocycles. The molecule has 0 bridgehead atoms. The van der Waals surface area contributed by atoms with Crippen LogP contribution in [0.15, 0.2) is 34.9 Å². The first kappa shape index (κ1) is 14.8. The van der Waals surface area contributed by atoms with Gasteiger partial charge < -0.3 is 9.73 Å². The van der Waals surface area contributed by atoms with E-state index in [2.05, 4.69) is 55.3 Å². The quantitative estimate of drug-likeness (QED) is 0.840. The minimum absolute atomic E-state index is 0.506. The van der Waals surface area contributed by atoms with Gasteiger partial charge in [-0.15, -0.1) is 0 Å². The molecule has 0 atom stereocenters. The van der Waals surface area contributed by atoms with E-state index >= 15 is 0 Å². The van der Waals surface area contributed by atoms with Gasteiger partial charge in [0.25, 0.3) is 0 Å². The van der Waals surface area contributed by atoms with Gasteiger partial charge in [-0.05, 0) is 18.9 Å². The summed E-state index contributed by atoms with van der Waals surface area (Å²) in [7, 11) is 0. The summed E-state index contributed by atoms with van der Waals surface area (Å²) < 4.78 is 5.76. The number of nitrogens with one attached hydrogen (secondary N) is 1. The Balaban J connectivity index is 1.79. The van der Waals surface area contributed by atoms with E-state index in [4.69, 9.17) is 4.42 Å². The minimum atomic E-state index is 0.506. The first-order valence-electron chi connectivity index (χ1n) is 7.36. The predicted molar refractivity (Wildman–Crippen MR) is 81.9 cm³/mol. The average Bonchev–Trinajstić information content (AvgIpc) is 2.86. The Kier molecular flexibility index (Phi) is 5.36. The topological polar surface area (TPSA) is 38.1 Å². The highest BCUT2D eigenvalue weighted by Gasteiger charge is 2.04. The molecule has 0 aliphatic rings. The summed E-state index contributed by atoms with van der Waals surface area (Å²) in [6, 6.07) is 9.17. The van der Waals surface area contributed by atoms with Gasteiger partial charge in [0, 0.05) is 25.4 Å². The molecule has 2 rings (SSSR count). The third-order valence-electron chi connectivity index (χ3n) is 3.27. The van der Waals surface area contributed by atoms with Crippen molar-refractivity contribution in [2.45, 2.75) is 46.1 Å². The van der Waals surface area contributed by atoms with Crippen molar-refractivity contribution in [2.75, 3.05) is 6.54 Å². The molecule has 1 heterocycles. The highest BCUT2D eigenvalue weighted by atomic mass is 16.4. The third-order valence-corrected chi connectivity index (χ3v) is 3.27. The van der Waals surface area contributed by atoms with Crippen molar-refractivity contribution in [3.8, 4) is 0 Å². The van der Waals surface area contributed by atoms with Gasteiger partial charge in [-0.25, -0.2) is 4.98 Å². The lowest BCUT2D eigenvalue weighted by Crippen LogP contribution is -2.24. The molecule has 2 aromatic rings. The van der Waals surface area contributed by atoms with E-state index in [9.17, 15) is 0 Å². The second-order valence-corrected chi connectivity index (χ2v) is 5.56. The van der Waals surface area contributed by atoms with Crippen molar-refractivity contribution in [3.63, 3.8) is 0 Å². The number of nitrogens with zero attached hydrogens (tertiary/aromatic N) is 1. The maximum absolute atomic E-state index is 5.76. The first-order chi connectivity index (χ1) is 9.63. The van der Waals surface area contributed by atoms with E-state index in [1.807, 2.05) is 6.20 Å². The van der Waals surface area contributed by atoms with Gasteiger partial charge in [0.2, 0.25) is 0 Å². The highest BCUT2D eigenvalue weighted by Crippen LogP contribution is 2.10. The Morgan fingerprint density at radius 2 is 1.85 bits per heavy atom. The summed E-state index contributed by atoms with van der Waals surface area (Å²) in [6.07, 6.45) is 4.62. The third kappa shape index (κ3) is 4.82. The summed E-state index contributed by atoms with van der Waals surface area (Å²) in [5.41, 5.74) is 2.64. The summed E-state index contributed by atoms with van der Waals surface area (Å²) in [4.78, 5) is 4.33. The molecule has 0 aliphatic carbocycles. The van der Waals surface area contributed by atoms with Crippen molar-refractivity contribution >= 4 is 0 Å². The zero-order valence-electron chi connectivity index (χ0n) is 12.6. The summed E-state index contributed by atoms with van der Waals surface area (Å²) in [5, 5.41) is 3.37. The lowest BCUT2D eigenvalue weighted by atomic mass is 10.1. The Morgan fingerprint density at radius 1 is 1.10 bits per heavy atom. The number of aromatic nitrogens is 1. The Bertz CT molecular complexity index is 514. The molecule has 0 unspecified atom stereocenters. The molecule has 1 aromatic heterocycles. The van der Waals surface area contributed by atoms with Crippen LogP contribution in [-0.2, 0) is 19.3 Å². The number of hydrogen-bond donors (Lipinski definition) is 1. The Hall–Kier alpha value is -1.61. The molecule has 0 amide bonds.